The number of aromatic nitrogens is 3. The number of benzene rings is 8. The van der Waals surface area contributed by atoms with Crippen LogP contribution in [-0.4, -0.2) is 13.9 Å². The van der Waals surface area contributed by atoms with Crippen molar-refractivity contribution in [2.45, 2.75) is 0 Å². The van der Waals surface area contributed by atoms with Gasteiger partial charge in [-0.3, -0.25) is 0 Å². The Kier molecular flexibility index (Phi) is 6.09. The first kappa shape index (κ1) is 28.3. The smallest absolute Gasteiger partial charge is 0.173 e. The summed E-state index contributed by atoms with van der Waals surface area (Å²) in [5, 5.41) is 10.5. The Bertz CT molecular complexity index is 3160. The lowest BCUT2D eigenvalue weighted by atomic mass is 10.0. The third-order valence-electron chi connectivity index (χ3n) is 10.1. The molecule has 0 spiro atoms. The molecule has 0 N–H and O–H groups in total. The predicted octanol–water partition coefficient (Wildman–Crippen LogP) is 12.8. The van der Waals surface area contributed by atoms with Crippen LogP contribution in [0.4, 0.5) is 0 Å². The highest BCUT2D eigenvalue weighted by atomic mass is 32.1. The standard InChI is InChI=1S/C46H27N3OS/c1-2-9-29-23-35-24-33(17-16-30(35)22-28(29)8-1)45-47-46(51-48-45)34-10-7-11-36(25-34)49-41-14-5-3-12-37(41)40-26-31(19-21-42(40)49)32-18-20-39-38-13-4-6-15-43(38)50-44(39)27-32/h1-27H. The van der Waals surface area contributed by atoms with E-state index < -0.39 is 0 Å². The van der Waals surface area contributed by atoms with E-state index in [1.165, 1.54) is 43.8 Å². The van der Waals surface area contributed by atoms with Crippen molar-refractivity contribution in [3.05, 3.63) is 164 Å². The molecule has 0 saturated heterocycles. The zero-order chi connectivity index (χ0) is 33.5. The molecule has 51 heavy (non-hydrogen) atoms. The monoisotopic (exact) mass is 669 g/mol. The fraction of sp³-hybridized carbons (Fsp3) is 0. The normalized spacial score (nSPS) is 11.9. The summed E-state index contributed by atoms with van der Waals surface area (Å²) in [5.74, 6) is 0.751. The van der Waals surface area contributed by atoms with Crippen LogP contribution in [0.25, 0.3) is 104 Å². The number of nitrogens with zero attached hydrogens (tertiary/aromatic N) is 3. The first-order valence-electron chi connectivity index (χ1n) is 17.1. The van der Waals surface area contributed by atoms with Crippen LogP contribution < -0.4 is 0 Å². The lowest BCUT2D eigenvalue weighted by Crippen LogP contribution is -1.94. The Balaban J connectivity index is 0.981. The van der Waals surface area contributed by atoms with Crippen molar-refractivity contribution in [3.63, 3.8) is 0 Å². The van der Waals surface area contributed by atoms with Crippen molar-refractivity contribution >= 4 is 76.8 Å². The minimum absolute atomic E-state index is 0.751. The molecule has 3 heterocycles. The molecule has 0 atom stereocenters. The van der Waals surface area contributed by atoms with E-state index >= 15 is 0 Å². The summed E-state index contributed by atoms with van der Waals surface area (Å²) in [6, 6.07) is 58.3. The van der Waals surface area contributed by atoms with E-state index in [0.717, 1.165) is 71.7 Å². The molecule has 0 bridgehead atoms. The number of hydrogen-bond acceptors (Lipinski definition) is 4. The van der Waals surface area contributed by atoms with Gasteiger partial charge >= 0.3 is 0 Å². The van der Waals surface area contributed by atoms with Gasteiger partial charge in [-0.15, -0.1) is 0 Å². The summed E-state index contributed by atoms with van der Waals surface area (Å²) in [5.41, 5.74) is 9.58. The summed E-state index contributed by atoms with van der Waals surface area (Å²) in [7, 11) is 0. The number of hydrogen-bond donors (Lipinski definition) is 0. The van der Waals surface area contributed by atoms with Crippen molar-refractivity contribution in [2.24, 2.45) is 0 Å². The van der Waals surface area contributed by atoms with Crippen LogP contribution in [0, 0.1) is 0 Å². The zero-order valence-corrected chi connectivity index (χ0v) is 28.1. The van der Waals surface area contributed by atoms with Gasteiger partial charge in [0.15, 0.2) is 5.82 Å². The second-order valence-corrected chi connectivity index (χ2v) is 13.9. The van der Waals surface area contributed by atoms with Crippen LogP contribution in [-0.2, 0) is 0 Å². The van der Waals surface area contributed by atoms with Crippen molar-refractivity contribution in [1.82, 2.24) is 13.9 Å². The quantitative estimate of drug-likeness (QED) is 0.175. The molecule has 0 aliphatic heterocycles. The molecule has 0 amide bonds. The third kappa shape index (κ3) is 4.52. The van der Waals surface area contributed by atoms with Crippen molar-refractivity contribution in [1.29, 1.82) is 0 Å². The maximum absolute atomic E-state index is 6.23. The van der Waals surface area contributed by atoms with E-state index in [4.69, 9.17) is 13.8 Å². The van der Waals surface area contributed by atoms with Gasteiger partial charge in [0, 0.05) is 38.4 Å². The van der Waals surface area contributed by atoms with Gasteiger partial charge in [0.25, 0.3) is 0 Å². The summed E-state index contributed by atoms with van der Waals surface area (Å²) in [4.78, 5) is 5.04. The van der Waals surface area contributed by atoms with Crippen molar-refractivity contribution in [3.8, 4) is 38.8 Å². The average molecular weight is 670 g/mol. The molecule has 0 fully saturated rings. The van der Waals surface area contributed by atoms with E-state index in [-0.39, 0.29) is 0 Å². The van der Waals surface area contributed by atoms with Crippen LogP contribution in [0.2, 0.25) is 0 Å². The van der Waals surface area contributed by atoms with Gasteiger partial charge in [-0.1, -0.05) is 97.1 Å². The van der Waals surface area contributed by atoms with Crippen LogP contribution in [0.3, 0.4) is 0 Å². The number of furan rings is 1. The summed E-state index contributed by atoms with van der Waals surface area (Å²) in [6.45, 7) is 0. The minimum Gasteiger partial charge on any atom is -0.456 e. The predicted molar refractivity (Wildman–Crippen MR) is 213 cm³/mol. The van der Waals surface area contributed by atoms with Gasteiger partial charge in [-0.2, -0.15) is 4.37 Å². The molecule has 11 aromatic rings. The number of para-hydroxylation sites is 2. The molecule has 5 heteroatoms. The molecule has 0 aliphatic carbocycles. The summed E-state index contributed by atoms with van der Waals surface area (Å²) >= 11 is 1.44. The zero-order valence-electron chi connectivity index (χ0n) is 27.2. The van der Waals surface area contributed by atoms with Gasteiger partial charge in [-0.05, 0) is 111 Å². The fourth-order valence-electron chi connectivity index (χ4n) is 7.65. The first-order valence-corrected chi connectivity index (χ1v) is 17.8. The van der Waals surface area contributed by atoms with Crippen LogP contribution in [0.5, 0.6) is 0 Å². The Morgan fingerprint density at radius 2 is 1.14 bits per heavy atom. The molecular formula is C46H27N3OS. The Morgan fingerprint density at radius 3 is 2.06 bits per heavy atom. The van der Waals surface area contributed by atoms with Crippen molar-refractivity contribution in [2.75, 3.05) is 0 Å². The van der Waals surface area contributed by atoms with Gasteiger partial charge in [-0.25, -0.2) is 4.98 Å². The second-order valence-electron chi connectivity index (χ2n) is 13.1. The van der Waals surface area contributed by atoms with Gasteiger partial charge in [0.05, 0.1) is 11.0 Å². The SMILES string of the molecule is c1cc(-c2nc(-c3ccc4cc5ccccc5cc4c3)ns2)cc(-n2c3ccccc3c3cc(-c4ccc5c(c4)oc4ccccc45)ccc32)c1. The second kappa shape index (κ2) is 11.0. The van der Waals surface area contributed by atoms with E-state index in [0.29, 0.717) is 0 Å². The third-order valence-corrected chi connectivity index (χ3v) is 10.9. The van der Waals surface area contributed by atoms with Gasteiger partial charge in [0.2, 0.25) is 0 Å². The van der Waals surface area contributed by atoms with Crippen molar-refractivity contribution < 1.29 is 4.42 Å². The maximum atomic E-state index is 6.23. The van der Waals surface area contributed by atoms with Crippen LogP contribution in [0.15, 0.2) is 168 Å². The lowest BCUT2D eigenvalue weighted by Gasteiger charge is -2.10. The molecular weight excluding hydrogens is 643 g/mol. The van der Waals surface area contributed by atoms with Crippen LogP contribution in [0.1, 0.15) is 0 Å². The Hall–Kier alpha value is -6.56. The summed E-state index contributed by atoms with van der Waals surface area (Å²) in [6.07, 6.45) is 0. The number of rotatable bonds is 4. The van der Waals surface area contributed by atoms with Gasteiger partial charge in [0.1, 0.15) is 16.2 Å². The largest absolute Gasteiger partial charge is 0.456 e. The van der Waals surface area contributed by atoms with E-state index in [1.54, 1.807) is 0 Å². The van der Waals surface area contributed by atoms with E-state index in [9.17, 15) is 0 Å². The molecule has 238 valence electrons. The van der Waals surface area contributed by atoms with E-state index in [1.807, 2.05) is 12.1 Å². The average Bonchev–Trinajstić information content (AvgIpc) is 3.91. The molecule has 0 saturated carbocycles. The topological polar surface area (TPSA) is 43.9 Å². The molecule has 0 radical (unpaired) electrons. The maximum Gasteiger partial charge on any atom is 0.173 e. The highest BCUT2D eigenvalue weighted by Crippen LogP contribution is 2.38. The number of fused-ring (bicyclic) bond motifs is 8. The Morgan fingerprint density at radius 1 is 0.431 bits per heavy atom. The van der Waals surface area contributed by atoms with Gasteiger partial charge < -0.3 is 8.98 Å². The van der Waals surface area contributed by atoms with Crippen LogP contribution >= 0.6 is 11.5 Å². The molecule has 8 aromatic carbocycles. The molecule has 4 nitrogen and oxygen atoms in total. The Labute approximate surface area is 296 Å². The summed E-state index contributed by atoms with van der Waals surface area (Å²) < 4.78 is 13.4. The first-order chi connectivity index (χ1) is 25.2. The molecule has 0 aliphatic rings. The molecule has 0 unspecified atom stereocenters. The fourth-order valence-corrected chi connectivity index (χ4v) is 8.33. The molecule has 3 aromatic heterocycles. The minimum atomic E-state index is 0.751. The highest BCUT2D eigenvalue weighted by molar-refractivity contribution is 7.09. The highest BCUT2D eigenvalue weighted by Gasteiger charge is 2.16. The molecule has 11 rings (SSSR count). The lowest BCUT2D eigenvalue weighted by molar-refractivity contribution is 0.669. The van der Waals surface area contributed by atoms with E-state index in [2.05, 4.69) is 156 Å².